The summed E-state index contributed by atoms with van der Waals surface area (Å²) >= 11 is 0. The normalized spacial score (nSPS) is 13.2. The van der Waals surface area contributed by atoms with Gasteiger partial charge < -0.3 is 10.4 Å². The number of carboxylic acids is 1. The zero-order chi connectivity index (χ0) is 14.5. The van der Waals surface area contributed by atoms with Gasteiger partial charge >= 0.3 is 5.97 Å². The maximum absolute atomic E-state index is 11.2. The van der Waals surface area contributed by atoms with Crippen molar-refractivity contribution in [1.29, 1.82) is 0 Å². The summed E-state index contributed by atoms with van der Waals surface area (Å²) in [4.78, 5) is 10.4. The first kappa shape index (κ1) is 15.6. The molecule has 0 aromatic heterocycles. The Morgan fingerprint density at radius 1 is 1.47 bits per heavy atom. The fourth-order valence-corrected chi connectivity index (χ4v) is 2.21. The summed E-state index contributed by atoms with van der Waals surface area (Å²) in [7, 11) is -3.70. The predicted octanol–water partition coefficient (Wildman–Crippen LogP) is 0.849. The summed E-state index contributed by atoms with van der Waals surface area (Å²) in [6.45, 7) is 2.43. The van der Waals surface area contributed by atoms with Crippen LogP contribution in [-0.4, -0.2) is 26.0 Å². The van der Waals surface area contributed by atoms with E-state index in [0.717, 1.165) is 5.56 Å². The Hall–Kier alpha value is -1.44. The molecule has 1 atom stereocenters. The zero-order valence-electron chi connectivity index (χ0n) is 10.7. The number of carbonyl (C=O) groups is 1. The summed E-state index contributed by atoms with van der Waals surface area (Å²) in [6.07, 6.45) is 0.630. The molecule has 0 heterocycles. The molecule has 0 aliphatic carbocycles. The molecular weight excluding hydrogens is 268 g/mol. The number of aliphatic carboxylic acids is 1. The van der Waals surface area contributed by atoms with Crippen LogP contribution >= 0.6 is 0 Å². The Balaban J connectivity index is 2.62. The van der Waals surface area contributed by atoms with Gasteiger partial charge in [-0.1, -0.05) is 12.1 Å². The van der Waals surface area contributed by atoms with Gasteiger partial charge in [-0.05, 0) is 37.6 Å². The van der Waals surface area contributed by atoms with Crippen molar-refractivity contribution in [3.8, 4) is 0 Å². The Kier molecular flexibility index (Phi) is 5.46. The minimum atomic E-state index is -3.70. The highest BCUT2D eigenvalue weighted by atomic mass is 32.2. The van der Waals surface area contributed by atoms with E-state index in [1.54, 1.807) is 12.1 Å². The lowest BCUT2D eigenvalue weighted by atomic mass is 10.1. The van der Waals surface area contributed by atoms with E-state index in [2.05, 4.69) is 5.32 Å². The quantitative estimate of drug-likeness (QED) is 0.644. The van der Waals surface area contributed by atoms with E-state index >= 15 is 0 Å². The van der Waals surface area contributed by atoms with Gasteiger partial charge in [0, 0.05) is 12.5 Å². The van der Waals surface area contributed by atoms with Crippen LogP contribution < -0.4 is 10.5 Å². The number of nitrogens with two attached hydrogens (primary N) is 1. The number of sulfonamides is 1. The molecular formula is C12H18N2O4S. The Morgan fingerprint density at radius 3 is 2.74 bits per heavy atom. The molecule has 0 spiro atoms. The lowest BCUT2D eigenvalue weighted by Gasteiger charge is -2.14. The number of primary sulfonamides is 1. The van der Waals surface area contributed by atoms with Crippen molar-refractivity contribution in [2.45, 2.75) is 30.7 Å². The third-order valence-corrected chi connectivity index (χ3v) is 3.62. The van der Waals surface area contributed by atoms with Crippen LogP contribution in [0.15, 0.2) is 29.2 Å². The van der Waals surface area contributed by atoms with Crippen molar-refractivity contribution in [2.24, 2.45) is 5.14 Å². The van der Waals surface area contributed by atoms with Gasteiger partial charge in [0.1, 0.15) is 0 Å². The monoisotopic (exact) mass is 286 g/mol. The topological polar surface area (TPSA) is 109 Å². The van der Waals surface area contributed by atoms with Crippen LogP contribution in [0.5, 0.6) is 0 Å². The molecule has 0 bridgehead atoms. The molecule has 7 heteroatoms. The fraction of sp³-hybridized carbons (Fsp3) is 0.417. The van der Waals surface area contributed by atoms with Crippen molar-refractivity contribution < 1.29 is 18.3 Å². The molecule has 0 fully saturated rings. The van der Waals surface area contributed by atoms with Gasteiger partial charge in [-0.15, -0.1) is 0 Å². The Morgan fingerprint density at radius 2 is 2.16 bits per heavy atom. The first-order chi connectivity index (χ1) is 8.80. The van der Waals surface area contributed by atoms with Crippen molar-refractivity contribution in [3.05, 3.63) is 29.8 Å². The molecule has 1 rings (SSSR count). The van der Waals surface area contributed by atoms with Crippen molar-refractivity contribution in [2.75, 3.05) is 6.54 Å². The Labute approximate surface area is 112 Å². The van der Waals surface area contributed by atoms with E-state index in [0.29, 0.717) is 13.0 Å². The second-order valence-corrected chi connectivity index (χ2v) is 5.85. The van der Waals surface area contributed by atoms with E-state index in [1.807, 2.05) is 6.92 Å². The standard InChI is InChI=1S/C12H18N2O4S/c1-9(14-7-3-6-12(15)16)10-4-2-5-11(8-10)19(13,17)18/h2,4-5,8-9,14H,3,6-7H2,1H3,(H,15,16)(H2,13,17,18). The van der Waals surface area contributed by atoms with Crippen molar-refractivity contribution >= 4 is 16.0 Å². The third kappa shape index (κ3) is 5.37. The van der Waals surface area contributed by atoms with Gasteiger partial charge in [0.15, 0.2) is 0 Å². The minimum absolute atomic E-state index is 0.0733. The van der Waals surface area contributed by atoms with Crippen LogP contribution in [0.2, 0.25) is 0 Å². The van der Waals surface area contributed by atoms with Crippen LogP contribution in [0, 0.1) is 0 Å². The van der Waals surface area contributed by atoms with Crippen LogP contribution in [-0.2, 0) is 14.8 Å². The van der Waals surface area contributed by atoms with Gasteiger partial charge in [0.05, 0.1) is 4.90 Å². The Bertz CT molecular complexity index is 542. The fourth-order valence-electron chi connectivity index (χ4n) is 1.64. The summed E-state index contributed by atoms with van der Waals surface area (Å²) in [6, 6.07) is 6.31. The van der Waals surface area contributed by atoms with Gasteiger partial charge in [-0.25, -0.2) is 13.6 Å². The number of carboxylic acid groups (broad SMARTS) is 1. The molecule has 0 saturated carbocycles. The summed E-state index contributed by atoms with van der Waals surface area (Å²) in [5.41, 5.74) is 0.793. The molecule has 106 valence electrons. The minimum Gasteiger partial charge on any atom is -0.481 e. The molecule has 1 unspecified atom stereocenters. The van der Waals surface area contributed by atoms with E-state index in [1.165, 1.54) is 12.1 Å². The van der Waals surface area contributed by atoms with Crippen LogP contribution in [0.3, 0.4) is 0 Å². The van der Waals surface area contributed by atoms with E-state index < -0.39 is 16.0 Å². The molecule has 6 nitrogen and oxygen atoms in total. The van der Waals surface area contributed by atoms with E-state index in [9.17, 15) is 13.2 Å². The number of benzene rings is 1. The molecule has 0 amide bonds. The summed E-state index contributed by atoms with van der Waals surface area (Å²) in [5, 5.41) is 16.7. The molecule has 0 aliphatic rings. The van der Waals surface area contributed by atoms with Gasteiger partial charge in [0.25, 0.3) is 0 Å². The van der Waals surface area contributed by atoms with Gasteiger partial charge in [-0.2, -0.15) is 0 Å². The molecule has 19 heavy (non-hydrogen) atoms. The number of rotatable bonds is 7. The SMILES string of the molecule is CC(NCCCC(=O)O)c1cccc(S(N)(=O)=O)c1. The first-order valence-corrected chi connectivity index (χ1v) is 7.43. The highest BCUT2D eigenvalue weighted by molar-refractivity contribution is 7.89. The summed E-state index contributed by atoms with van der Waals surface area (Å²) < 4.78 is 22.5. The number of hydrogen-bond acceptors (Lipinski definition) is 4. The molecule has 0 radical (unpaired) electrons. The second kappa shape index (κ2) is 6.65. The van der Waals surface area contributed by atoms with Gasteiger partial charge in [0.2, 0.25) is 10.0 Å². The summed E-state index contributed by atoms with van der Waals surface area (Å²) in [5.74, 6) is -0.828. The number of nitrogens with one attached hydrogen (secondary N) is 1. The van der Waals surface area contributed by atoms with Crippen LogP contribution in [0.4, 0.5) is 0 Å². The maximum atomic E-state index is 11.2. The molecule has 0 aliphatic heterocycles. The number of hydrogen-bond donors (Lipinski definition) is 3. The highest BCUT2D eigenvalue weighted by Gasteiger charge is 2.11. The van der Waals surface area contributed by atoms with Crippen LogP contribution in [0.1, 0.15) is 31.4 Å². The highest BCUT2D eigenvalue weighted by Crippen LogP contribution is 2.16. The molecule has 1 aromatic rings. The lowest BCUT2D eigenvalue weighted by molar-refractivity contribution is -0.137. The van der Waals surface area contributed by atoms with Gasteiger partial charge in [-0.3, -0.25) is 4.79 Å². The third-order valence-electron chi connectivity index (χ3n) is 2.70. The maximum Gasteiger partial charge on any atom is 0.303 e. The lowest BCUT2D eigenvalue weighted by Crippen LogP contribution is -2.21. The molecule has 4 N–H and O–H groups in total. The predicted molar refractivity (Wildman–Crippen MR) is 71.1 cm³/mol. The molecule has 1 aromatic carbocycles. The van der Waals surface area contributed by atoms with E-state index in [4.69, 9.17) is 10.2 Å². The van der Waals surface area contributed by atoms with E-state index in [-0.39, 0.29) is 17.4 Å². The first-order valence-electron chi connectivity index (χ1n) is 5.88. The largest absolute Gasteiger partial charge is 0.481 e. The van der Waals surface area contributed by atoms with Crippen molar-refractivity contribution in [3.63, 3.8) is 0 Å². The average molecular weight is 286 g/mol. The zero-order valence-corrected chi connectivity index (χ0v) is 11.5. The molecule has 0 saturated heterocycles. The average Bonchev–Trinajstić information content (AvgIpc) is 2.33. The second-order valence-electron chi connectivity index (χ2n) is 4.29. The van der Waals surface area contributed by atoms with Crippen molar-refractivity contribution in [1.82, 2.24) is 5.32 Å². The smallest absolute Gasteiger partial charge is 0.303 e. The van der Waals surface area contributed by atoms with Crippen LogP contribution in [0.25, 0.3) is 0 Å².